The van der Waals surface area contributed by atoms with E-state index in [1.807, 2.05) is 0 Å². The van der Waals surface area contributed by atoms with Crippen molar-refractivity contribution in [1.82, 2.24) is 0 Å². The van der Waals surface area contributed by atoms with Crippen LogP contribution in [0.4, 0.5) is 4.79 Å². The predicted octanol–water partition coefficient (Wildman–Crippen LogP) is 4.05. The van der Waals surface area contributed by atoms with Crippen molar-refractivity contribution in [2.45, 2.75) is 57.2 Å². The SMILES string of the molecule is C[Si](C)(C)C[Si](C)(C)C[Si](C)(C)COC(=O)O. The summed E-state index contributed by atoms with van der Waals surface area (Å²) in [5.74, 6) is 0. The summed E-state index contributed by atoms with van der Waals surface area (Å²) in [5, 5.41) is 8.58. The lowest BCUT2D eigenvalue weighted by atomic mass is 11.3. The fourth-order valence-corrected chi connectivity index (χ4v) is 27.5. The smallest absolute Gasteiger partial charge is 0.450 e. The molecule has 0 aliphatic rings. The summed E-state index contributed by atoms with van der Waals surface area (Å²) >= 11 is 0. The van der Waals surface area contributed by atoms with E-state index < -0.39 is 30.4 Å². The molecule has 0 unspecified atom stereocenters. The highest BCUT2D eigenvalue weighted by Crippen LogP contribution is 2.28. The lowest BCUT2D eigenvalue weighted by molar-refractivity contribution is 0.105. The van der Waals surface area contributed by atoms with Gasteiger partial charge in [-0.25, -0.2) is 4.79 Å². The lowest BCUT2D eigenvalue weighted by Gasteiger charge is -2.35. The summed E-state index contributed by atoms with van der Waals surface area (Å²) in [4.78, 5) is 10.5. The van der Waals surface area contributed by atoms with Gasteiger partial charge in [-0.3, -0.25) is 0 Å². The Balaban J connectivity index is 4.42. The van der Waals surface area contributed by atoms with Crippen molar-refractivity contribution in [3.63, 3.8) is 0 Å². The molecule has 0 radical (unpaired) electrons. The first-order chi connectivity index (χ1) is 7.33. The maximum absolute atomic E-state index is 10.5. The van der Waals surface area contributed by atoms with Gasteiger partial charge in [-0.1, -0.05) is 57.2 Å². The van der Waals surface area contributed by atoms with E-state index in [1.165, 1.54) is 11.3 Å². The van der Waals surface area contributed by atoms with Gasteiger partial charge in [0.15, 0.2) is 0 Å². The van der Waals surface area contributed by atoms with Crippen molar-refractivity contribution in [2.75, 3.05) is 6.23 Å². The normalized spacial score (nSPS) is 13.6. The Bertz CT molecular complexity index is 270. The van der Waals surface area contributed by atoms with E-state index in [0.29, 0.717) is 6.23 Å². The first kappa shape index (κ1) is 16.9. The zero-order valence-electron chi connectivity index (χ0n) is 12.4. The van der Waals surface area contributed by atoms with Crippen molar-refractivity contribution in [1.29, 1.82) is 0 Å². The summed E-state index contributed by atoms with van der Waals surface area (Å²) in [6, 6.07) is 0. The van der Waals surface area contributed by atoms with Gasteiger partial charge in [0, 0.05) is 16.1 Å². The molecule has 0 aromatic heterocycles. The molecule has 0 atom stereocenters. The van der Waals surface area contributed by atoms with Crippen LogP contribution in [0.3, 0.4) is 0 Å². The van der Waals surface area contributed by atoms with Crippen LogP contribution < -0.4 is 0 Å². The molecule has 0 saturated carbocycles. The van der Waals surface area contributed by atoms with Crippen molar-refractivity contribution < 1.29 is 14.6 Å². The third kappa shape index (κ3) is 9.61. The molecule has 3 nitrogen and oxygen atoms in total. The molecule has 0 fully saturated rings. The minimum Gasteiger partial charge on any atom is -0.450 e. The van der Waals surface area contributed by atoms with Gasteiger partial charge >= 0.3 is 6.16 Å². The highest BCUT2D eigenvalue weighted by molar-refractivity contribution is 7.02. The van der Waals surface area contributed by atoms with E-state index >= 15 is 0 Å². The Kier molecular flexibility index (Phi) is 5.68. The minimum atomic E-state index is -1.52. The van der Waals surface area contributed by atoms with Crippen LogP contribution in [0.5, 0.6) is 0 Å². The molecule has 0 aromatic carbocycles. The second kappa shape index (κ2) is 5.71. The van der Waals surface area contributed by atoms with E-state index in [2.05, 4.69) is 45.8 Å². The fourth-order valence-electron chi connectivity index (χ4n) is 3.10. The standard InChI is InChI=1S/C11H28O3Si3/c1-15(2,3)9-17(6,7)10-16(4,5)8-14-11(12)13/h8-10H2,1-7H3,(H,12,13). The summed E-state index contributed by atoms with van der Waals surface area (Å²) in [5.41, 5.74) is 2.68. The summed E-state index contributed by atoms with van der Waals surface area (Å²) in [6.45, 7) is 16.6. The molecule has 102 valence electrons. The summed E-state index contributed by atoms with van der Waals surface area (Å²) in [7, 11) is -3.73. The van der Waals surface area contributed by atoms with Gasteiger partial charge in [-0.05, 0) is 0 Å². The van der Waals surface area contributed by atoms with Gasteiger partial charge in [-0.15, -0.1) is 0 Å². The minimum absolute atomic E-state index is 0.449. The number of hydrogen-bond donors (Lipinski definition) is 1. The largest absolute Gasteiger partial charge is 0.505 e. The van der Waals surface area contributed by atoms with Crippen molar-refractivity contribution in [3.05, 3.63) is 0 Å². The molecular formula is C11H28O3Si3. The number of carbonyl (C=O) groups is 1. The second-order valence-corrected chi connectivity index (χ2v) is 24.7. The Morgan fingerprint density at radius 1 is 0.941 bits per heavy atom. The lowest BCUT2D eigenvalue weighted by Crippen LogP contribution is -2.47. The molecular weight excluding hydrogens is 264 g/mol. The summed E-state index contributed by atoms with van der Waals surface area (Å²) < 4.78 is 4.79. The van der Waals surface area contributed by atoms with Crippen LogP contribution in [-0.2, 0) is 4.74 Å². The van der Waals surface area contributed by atoms with Gasteiger partial charge in [0.1, 0.15) is 0 Å². The molecule has 0 aliphatic carbocycles. The zero-order valence-corrected chi connectivity index (χ0v) is 15.4. The van der Waals surface area contributed by atoms with Crippen LogP contribution in [0.1, 0.15) is 0 Å². The monoisotopic (exact) mass is 292 g/mol. The number of hydrogen-bond acceptors (Lipinski definition) is 2. The van der Waals surface area contributed by atoms with Gasteiger partial charge < -0.3 is 9.84 Å². The van der Waals surface area contributed by atoms with Crippen LogP contribution in [0.2, 0.25) is 57.2 Å². The maximum atomic E-state index is 10.5. The highest BCUT2D eigenvalue weighted by Gasteiger charge is 2.36. The molecule has 6 heteroatoms. The molecule has 0 spiro atoms. The third-order valence-corrected chi connectivity index (χ3v) is 19.2. The number of rotatable bonds is 6. The fraction of sp³-hybridized carbons (Fsp3) is 0.909. The molecule has 0 saturated heterocycles. The van der Waals surface area contributed by atoms with Crippen LogP contribution >= 0.6 is 0 Å². The van der Waals surface area contributed by atoms with Crippen molar-refractivity contribution in [2.24, 2.45) is 0 Å². The van der Waals surface area contributed by atoms with E-state index in [4.69, 9.17) is 9.84 Å². The van der Waals surface area contributed by atoms with E-state index in [9.17, 15) is 4.79 Å². The Morgan fingerprint density at radius 2 is 1.41 bits per heavy atom. The quantitative estimate of drug-likeness (QED) is 0.593. The molecule has 0 aromatic rings. The number of ether oxygens (including phenoxy) is 1. The first-order valence-corrected chi connectivity index (χ1v) is 16.7. The van der Waals surface area contributed by atoms with Gasteiger partial charge in [-0.2, -0.15) is 0 Å². The molecule has 1 N–H and O–H groups in total. The van der Waals surface area contributed by atoms with Crippen molar-refractivity contribution >= 4 is 30.4 Å². The first-order valence-electron chi connectivity index (χ1n) is 6.19. The highest BCUT2D eigenvalue weighted by atomic mass is 28.4. The topological polar surface area (TPSA) is 46.5 Å². The molecule has 0 aliphatic heterocycles. The van der Waals surface area contributed by atoms with E-state index in [-0.39, 0.29) is 0 Å². The van der Waals surface area contributed by atoms with E-state index in [1.54, 1.807) is 0 Å². The third-order valence-electron chi connectivity index (χ3n) is 2.55. The van der Waals surface area contributed by atoms with Crippen LogP contribution in [0, 0.1) is 0 Å². The second-order valence-electron chi connectivity index (χ2n) is 7.80. The predicted molar refractivity (Wildman–Crippen MR) is 81.9 cm³/mol. The molecule has 0 rings (SSSR count). The molecule has 0 amide bonds. The van der Waals surface area contributed by atoms with Crippen LogP contribution in [0.25, 0.3) is 0 Å². The summed E-state index contributed by atoms with van der Waals surface area (Å²) in [6.07, 6.45) is -0.681. The molecule has 0 bridgehead atoms. The Labute approximate surface area is 109 Å². The maximum Gasteiger partial charge on any atom is 0.505 e. The van der Waals surface area contributed by atoms with Gasteiger partial charge in [0.05, 0.1) is 14.3 Å². The average molecular weight is 293 g/mol. The van der Waals surface area contributed by atoms with Crippen LogP contribution in [0.15, 0.2) is 0 Å². The van der Waals surface area contributed by atoms with Gasteiger partial charge in [0.2, 0.25) is 0 Å². The molecule has 17 heavy (non-hydrogen) atoms. The van der Waals surface area contributed by atoms with Crippen molar-refractivity contribution in [3.8, 4) is 0 Å². The van der Waals surface area contributed by atoms with E-state index in [0.717, 1.165) is 0 Å². The number of carboxylic acid groups (broad SMARTS) is 1. The van der Waals surface area contributed by atoms with Crippen LogP contribution in [-0.4, -0.2) is 41.7 Å². The molecule has 0 heterocycles. The Morgan fingerprint density at radius 3 is 1.76 bits per heavy atom. The average Bonchev–Trinajstić information content (AvgIpc) is 1.93. The Hall–Kier alpha value is -0.0794. The zero-order chi connectivity index (χ0) is 13.9. The van der Waals surface area contributed by atoms with Gasteiger partial charge in [0.25, 0.3) is 0 Å².